The average molecular weight is 292 g/mol. The van der Waals surface area contributed by atoms with Gasteiger partial charge in [-0.1, -0.05) is 0 Å². The minimum Gasteiger partial charge on any atom is -0.478 e. The van der Waals surface area contributed by atoms with Crippen LogP contribution in [0, 0.1) is 13.8 Å². The molecule has 1 aromatic rings. The van der Waals surface area contributed by atoms with Gasteiger partial charge < -0.3 is 15.0 Å². The third kappa shape index (κ3) is 3.71. The van der Waals surface area contributed by atoms with Gasteiger partial charge in [0.15, 0.2) is 0 Å². The second-order valence-electron chi connectivity index (χ2n) is 5.53. The zero-order valence-corrected chi connectivity index (χ0v) is 12.3. The number of hydrogen-bond acceptors (Lipinski definition) is 3. The number of aryl methyl sites for hydroxylation is 1. The molecule has 1 aliphatic rings. The van der Waals surface area contributed by atoms with Crippen molar-refractivity contribution >= 4 is 11.9 Å². The first kappa shape index (κ1) is 15.3. The lowest BCUT2D eigenvalue weighted by Gasteiger charge is -2.14. The van der Waals surface area contributed by atoms with Gasteiger partial charge in [-0.15, -0.1) is 0 Å². The van der Waals surface area contributed by atoms with E-state index in [-0.39, 0.29) is 17.0 Å². The lowest BCUT2D eigenvalue weighted by Crippen LogP contribution is -2.28. The molecule has 2 N–H and O–H groups in total. The van der Waals surface area contributed by atoms with Gasteiger partial charge in [-0.2, -0.15) is 0 Å². The van der Waals surface area contributed by atoms with Gasteiger partial charge in [0.1, 0.15) is 0 Å². The summed E-state index contributed by atoms with van der Waals surface area (Å²) in [7, 11) is 0. The van der Waals surface area contributed by atoms with Crippen molar-refractivity contribution in [3.05, 3.63) is 33.2 Å². The Morgan fingerprint density at radius 3 is 2.62 bits per heavy atom. The van der Waals surface area contributed by atoms with E-state index in [4.69, 9.17) is 0 Å². The van der Waals surface area contributed by atoms with E-state index in [2.05, 4.69) is 5.32 Å². The standard InChI is InChI=1S/C15H20N2O4/c1-9-8-13(19)17(10(2)14(9)15(20)21)7-3-4-12(18)16-11-5-6-11/h8,11H,3-7H2,1-2H3,(H,16,18)(H,20,21). The van der Waals surface area contributed by atoms with E-state index in [1.807, 2.05) is 0 Å². The van der Waals surface area contributed by atoms with E-state index in [0.717, 1.165) is 12.8 Å². The Balaban J connectivity index is 2.05. The van der Waals surface area contributed by atoms with Crippen LogP contribution in [0.15, 0.2) is 10.9 Å². The second-order valence-corrected chi connectivity index (χ2v) is 5.53. The summed E-state index contributed by atoms with van der Waals surface area (Å²) in [6, 6.07) is 1.67. The Hall–Kier alpha value is -2.11. The van der Waals surface area contributed by atoms with E-state index in [0.29, 0.717) is 36.7 Å². The summed E-state index contributed by atoms with van der Waals surface area (Å²) >= 11 is 0. The number of carboxylic acids is 1. The molecular formula is C15H20N2O4. The fourth-order valence-electron chi connectivity index (χ4n) is 2.45. The summed E-state index contributed by atoms with van der Waals surface area (Å²) in [4.78, 5) is 34.8. The number of carbonyl (C=O) groups excluding carboxylic acids is 1. The molecule has 0 saturated heterocycles. The molecule has 6 heteroatoms. The molecule has 0 spiro atoms. The van der Waals surface area contributed by atoms with Crippen LogP contribution in [0.1, 0.15) is 47.3 Å². The van der Waals surface area contributed by atoms with Crippen LogP contribution in [0.25, 0.3) is 0 Å². The molecule has 0 aromatic carbocycles. The third-order valence-corrected chi connectivity index (χ3v) is 3.71. The molecule has 1 aliphatic carbocycles. The highest BCUT2D eigenvalue weighted by Crippen LogP contribution is 2.18. The minimum atomic E-state index is -1.04. The molecular weight excluding hydrogens is 272 g/mol. The van der Waals surface area contributed by atoms with Crippen LogP contribution >= 0.6 is 0 Å². The van der Waals surface area contributed by atoms with Crippen molar-refractivity contribution in [3.8, 4) is 0 Å². The maximum atomic E-state index is 12.0. The van der Waals surface area contributed by atoms with Crippen molar-refractivity contribution in [2.24, 2.45) is 0 Å². The van der Waals surface area contributed by atoms with Crippen molar-refractivity contribution in [2.75, 3.05) is 0 Å². The van der Waals surface area contributed by atoms with Crippen LogP contribution in [-0.4, -0.2) is 27.6 Å². The molecule has 1 heterocycles. The second kappa shape index (κ2) is 6.11. The summed E-state index contributed by atoms with van der Waals surface area (Å²) in [6.07, 6.45) is 2.95. The van der Waals surface area contributed by atoms with Gasteiger partial charge in [-0.25, -0.2) is 4.79 Å². The Labute approximate surface area is 122 Å². The highest BCUT2D eigenvalue weighted by Gasteiger charge is 2.23. The van der Waals surface area contributed by atoms with Gasteiger partial charge >= 0.3 is 5.97 Å². The lowest BCUT2D eigenvalue weighted by molar-refractivity contribution is -0.121. The molecule has 0 aliphatic heterocycles. The quantitative estimate of drug-likeness (QED) is 0.825. The van der Waals surface area contributed by atoms with Gasteiger partial charge in [0.25, 0.3) is 5.56 Å². The van der Waals surface area contributed by atoms with Crippen molar-refractivity contribution < 1.29 is 14.7 Å². The summed E-state index contributed by atoms with van der Waals surface area (Å²) in [5.74, 6) is -1.04. The average Bonchev–Trinajstić information content (AvgIpc) is 3.16. The molecule has 1 saturated carbocycles. The van der Waals surface area contributed by atoms with E-state index < -0.39 is 5.97 Å². The Bertz CT molecular complexity index is 629. The number of nitrogens with zero attached hydrogens (tertiary/aromatic N) is 1. The first-order valence-electron chi connectivity index (χ1n) is 7.14. The molecule has 0 unspecified atom stereocenters. The number of aromatic nitrogens is 1. The van der Waals surface area contributed by atoms with E-state index in [1.54, 1.807) is 13.8 Å². The van der Waals surface area contributed by atoms with Crippen LogP contribution in [-0.2, 0) is 11.3 Å². The zero-order chi connectivity index (χ0) is 15.6. The minimum absolute atomic E-state index is 0.00577. The summed E-state index contributed by atoms with van der Waals surface area (Å²) < 4.78 is 1.43. The van der Waals surface area contributed by atoms with Crippen LogP contribution < -0.4 is 10.9 Å². The molecule has 114 valence electrons. The van der Waals surface area contributed by atoms with Gasteiger partial charge in [0.05, 0.1) is 5.56 Å². The van der Waals surface area contributed by atoms with Gasteiger partial charge in [0.2, 0.25) is 5.91 Å². The molecule has 21 heavy (non-hydrogen) atoms. The number of carboxylic acid groups (broad SMARTS) is 1. The Morgan fingerprint density at radius 2 is 2.05 bits per heavy atom. The predicted molar refractivity (Wildman–Crippen MR) is 77.5 cm³/mol. The molecule has 6 nitrogen and oxygen atoms in total. The SMILES string of the molecule is Cc1cc(=O)n(CCCC(=O)NC2CC2)c(C)c1C(=O)O. The van der Waals surface area contributed by atoms with Crippen molar-refractivity contribution in [2.45, 2.75) is 52.1 Å². The maximum Gasteiger partial charge on any atom is 0.337 e. The smallest absolute Gasteiger partial charge is 0.337 e. The first-order chi connectivity index (χ1) is 9.90. The molecule has 1 fully saturated rings. The largest absolute Gasteiger partial charge is 0.478 e. The Kier molecular flexibility index (Phi) is 4.45. The van der Waals surface area contributed by atoms with Crippen LogP contribution in [0.3, 0.4) is 0 Å². The van der Waals surface area contributed by atoms with Crippen LogP contribution in [0.5, 0.6) is 0 Å². The molecule has 0 radical (unpaired) electrons. The molecule has 2 rings (SSSR count). The fourth-order valence-corrected chi connectivity index (χ4v) is 2.45. The number of carbonyl (C=O) groups is 2. The van der Waals surface area contributed by atoms with Gasteiger partial charge in [-0.3, -0.25) is 9.59 Å². The van der Waals surface area contributed by atoms with Gasteiger partial charge in [-0.05, 0) is 38.7 Å². The van der Waals surface area contributed by atoms with E-state index in [1.165, 1.54) is 10.6 Å². The summed E-state index contributed by atoms with van der Waals surface area (Å²) in [5, 5.41) is 12.1. The number of rotatable bonds is 6. The van der Waals surface area contributed by atoms with Crippen molar-refractivity contribution in [3.63, 3.8) is 0 Å². The Morgan fingerprint density at radius 1 is 1.38 bits per heavy atom. The van der Waals surface area contributed by atoms with Crippen molar-refractivity contribution in [1.82, 2.24) is 9.88 Å². The predicted octanol–water partition coefficient (Wildman–Crippen LogP) is 1.22. The monoisotopic (exact) mass is 292 g/mol. The van der Waals surface area contributed by atoms with Crippen LogP contribution in [0.2, 0.25) is 0 Å². The fraction of sp³-hybridized carbons (Fsp3) is 0.533. The first-order valence-corrected chi connectivity index (χ1v) is 7.14. The maximum absolute atomic E-state index is 12.0. The number of amides is 1. The third-order valence-electron chi connectivity index (χ3n) is 3.71. The molecule has 0 atom stereocenters. The number of pyridine rings is 1. The molecule has 1 amide bonds. The van der Waals surface area contributed by atoms with Gasteiger partial charge in [0, 0.05) is 30.8 Å². The molecule has 0 bridgehead atoms. The van der Waals surface area contributed by atoms with Crippen molar-refractivity contribution in [1.29, 1.82) is 0 Å². The number of nitrogens with one attached hydrogen (secondary N) is 1. The lowest BCUT2D eigenvalue weighted by atomic mass is 10.1. The normalized spacial score (nSPS) is 14.0. The highest BCUT2D eigenvalue weighted by atomic mass is 16.4. The highest BCUT2D eigenvalue weighted by molar-refractivity contribution is 5.90. The van der Waals surface area contributed by atoms with E-state index in [9.17, 15) is 19.5 Å². The van der Waals surface area contributed by atoms with Crippen LogP contribution in [0.4, 0.5) is 0 Å². The topological polar surface area (TPSA) is 88.4 Å². The summed E-state index contributed by atoms with van der Waals surface area (Å²) in [5.41, 5.74) is 0.845. The zero-order valence-electron chi connectivity index (χ0n) is 12.3. The summed E-state index contributed by atoms with van der Waals surface area (Å²) in [6.45, 7) is 3.59. The number of hydrogen-bond donors (Lipinski definition) is 2. The molecule has 1 aromatic heterocycles. The number of aromatic carboxylic acids is 1. The van der Waals surface area contributed by atoms with E-state index >= 15 is 0 Å².